The lowest BCUT2D eigenvalue weighted by molar-refractivity contribution is 0.198. The van der Waals surface area contributed by atoms with Gasteiger partial charge in [-0.1, -0.05) is 0 Å². The Hall–Kier alpha value is -1.05. The molecule has 0 aliphatic rings. The van der Waals surface area contributed by atoms with Crippen molar-refractivity contribution in [2.45, 2.75) is 18.1 Å². The quantitative estimate of drug-likeness (QED) is 0.761. The van der Waals surface area contributed by atoms with Gasteiger partial charge in [0.05, 0.1) is 6.10 Å². The van der Waals surface area contributed by atoms with Crippen molar-refractivity contribution in [1.82, 2.24) is 9.71 Å². The highest BCUT2D eigenvalue weighted by Gasteiger charge is 2.20. The lowest BCUT2D eigenvalue weighted by Crippen LogP contribution is -2.31. The topological polar surface area (TPSA) is 79.3 Å². The minimum atomic E-state index is -3.98. The first-order valence-corrected chi connectivity index (χ1v) is 5.70. The zero-order chi connectivity index (χ0) is 11.5. The van der Waals surface area contributed by atoms with Crippen molar-refractivity contribution >= 4 is 10.0 Å². The summed E-state index contributed by atoms with van der Waals surface area (Å²) in [4.78, 5) is 3.42. The summed E-state index contributed by atoms with van der Waals surface area (Å²) in [6.45, 7) is 1.23. The Labute approximate surface area is 87.0 Å². The van der Waals surface area contributed by atoms with E-state index in [0.29, 0.717) is 0 Å². The van der Waals surface area contributed by atoms with E-state index in [2.05, 4.69) is 4.98 Å². The number of sulfonamides is 1. The average molecular weight is 234 g/mol. The van der Waals surface area contributed by atoms with Crippen LogP contribution in [0.2, 0.25) is 0 Å². The molecule has 1 atom stereocenters. The van der Waals surface area contributed by atoms with E-state index in [0.717, 1.165) is 6.07 Å². The molecule has 0 bridgehead atoms. The second kappa shape index (κ2) is 4.65. The van der Waals surface area contributed by atoms with Crippen LogP contribution in [0.1, 0.15) is 6.92 Å². The van der Waals surface area contributed by atoms with Gasteiger partial charge in [-0.25, -0.2) is 22.5 Å². The van der Waals surface area contributed by atoms with E-state index >= 15 is 0 Å². The van der Waals surface area contributed by atoms with Crippen LogP contribution in [-0.2, 0) is 10.0 Å². The summed E-state index contributed by atoms with van der Waals surface area (Å²) in [7, 11) is -3.98. The lowest BCUT2D eigenvalue weighted by atomic mass is 10.4. The van der Waals surface area contributed by atoms with E-state index in [4.69, 9.17) is 5.11 Å². The highest BCUT2D eigenvalue weighted by atomic mass is 32.2. The van der Waals surface area contributed by atoms with Gasteiger partial charge in [-0.3, -0.25) is 0 Å². The maximum atomic E-state index is 13.1. The average Bonchev–Trinajstić information content (AvgIpc) is 2.15. The smallest absolute Gasteiger partial charge is 0.261 e. The second-order valence-corrected chi connectivity index (χ2v) is 4.67. The first-order valence-electron chi connectivity index (χ1n) is 4.22. The minimum absolute atomic E-state index is 0.182. The molecular formula is C8H11FN2O3S. The van der Waals surface area contributed by atoms with Crippen molar-refractivity contribution in [3.05, 3.63) is 24.1 Å². The van der Waals surface area contributed by atoms with Crippen LogP contribution in [0.4, 0.5) is 4.39 Å². The van der Waals surface area contributed by atoms with Gasteiger partial charge in [0.1, 0.15) is 0 Å². The van der Waals surface area contributed by atoms with E-state index < -0.39 is 27.0 Å². The summed E-state index contributed by atoms with van der Waals surface area (Å²) in [6.07, 6.45) is 0.339. The molecule has 0 fully saturated rings. The lowest BCUT2D eigenvalue weighted by Gasteiger charge is -2.07. The number of nitrogens with zero attached hydrogens (tertiary/aromatic N) is 1. The maximum absolute atomic E-state index is 13.1. The van der Waals surface area contributed by atoms with Crippen molar-refractivity contribution in [3.8, 4) is 0 Å². The van der Waals surface area contributed by atoms with Crippen LogP contribution < -0.4 is 4.72 Å². The zero-order valence-corrected chi connectivity index (χ0v) is 8.83. The Kier molecular flexibility index (Phi) is 3.72. The van der Waals surface area contributed by atoms with Crippen LogP contribution in [0.3, 0.4) is 0 Å². The normalized spacial score (nSPS) is 13.8. The third-order valence-corrected chi connectivity index (χ3v) is 2.90. The van der Waals surface area contributed by atoms with Gasteiger partial charge in [0.25, 0.3) is 10.0 Å². The number of hydrogen-bond acceptors (Lipinski definition) is 4. The van der Waals surface area contributed by atoms with Crippen LogP contribution in [0.25, 0.3) is 0 Å². The molecule has 1 unspecified atom stereocenters. The first-order chi connectivity index (χ1) is 6.93. The van der Waals surface area contributed by atoms with Crippen LogP contribution >= 0.6 is 0 Å². The number of aliphatic hydroxyl groups is 1. The molecule has 0 saturated heterocycles. The maximum Gasteiger partial charge on any atom is 0.261 e. The molecule has 0 saturated carbocycles. The molecule has 0 aliphatic heterocycles. The molecule has 1 heterocycles. The summed E-state index contributed by atoms with van der Waals surface area (Å²) in [5.74, 6) is -0.921. The molecule has 1 aromatic heterocycles. The Morgan fingerprint density at radius 2 is 2.33 bits per heavy atom. The van der Waals surface area contributed by atoms with Crippen molar-refractivity contribution in [2.24, 2.45) is 0 Å². The SMILES string of the molecule is CC(O)CNS(=O)(=O)c1ncccc1F. The molecule has 84 valence electrons. The molecule has 1 rings (SSSR count). The van der Waals surface area contributed by atoms with E-state index in [9.17, 15) is 12.8 Å². The molecule has 0 radical (unpaired) electrons. The van der Waals surface area contributed by atoms with E-state index in [1.807, 2.05) is 4.72 Å². The number of pyridine rings is 1. The highest BCUT2D eigenvalue weighted by molar-refractivity contribution is 7.89. The van der Waals surface area contributed by atoms with Crippen LogP contribution in [0.15, 0.2) is 23.4 Å². The highest BCUT2D eigenvalue weighted by Crippen LogP contribution is 2.09. The van der Waals surface area contributed by atoms with Gasteiger partial charge < -0.3 is 5.11 Å². The molecule has 15 heavy (non-hydrogen) atoms. The number of aromatic nitrogens is 1. The number of halogens is 1. The standard InChI is InChI=1S/C8H11FN2O3S/c1-6(12)5-11-15(13,14)8-7(9)3-2-4-10-8/h2-4,6,11-12H,5H2,1H3. The Balaban J connectivity index is 2.92. The number of rotatable bonds is 4. The number of nitrogens with one attached hydrogen (secondary N) is 1. The number of hydrogen-bond donors (Lipinski definition) is 2. The second-order valence-electron chi connectivity index (χ2n) is 2.99. The van der Waals surface area contributed by atoms with E-state index in [1.54, 1.807) is 0 Å². The van der Waals surface area contributed by atoms with Gasteiger partial charge in [0, 0.05) is 12.7 Å². The predicted octanol–water partition coefficient (Wildman–Crippen LogP) is -0.120. The zero-order valence-electron chi connectivity index (χ0n) is 8.01. The molecular weight excluding hydrogens is 223 g/mol. The fourth-order valence-corrected chi connectivity index (χ4v) is 1.99. The first kappa shape index (κ1) is 12.0. The number of aliphatic hydroxyl groups excluding tert-OH is 1. The van der Waals surface area contributed by atoms with Gasteiger partial charge >= 0.3 is 0 Å². The molecule has 0 aromatic carbocycles. The van der Waals surface area contributed by atoms with Crippen LogP contribution in [0, 0.1) is 5.82 Å². The summed E-state index contributed by atoms with van der Waals surface area (Å²) in [5.41, 5.74) is 0. The van der Waals surface area contributed by atoms with E-state index in [-0.39, 0.29) is 6.54 Å². The van der Waals surface area contributed by atoms with Gasteiger partial charge in [-0.15, -0.1) is 0 Å². The minimum Gasteiger partial charge on any atom is -0.392 e. The Morgan fingerprint density at radius 3 is 2.87 bits per heavy atom. The molecule has 0 amide bonds. The van der Waals surface area contributed by atoms with Crippen LogP contribution in [-0.4, -0.2) is 31.2 Å². The summed E-state index contributed by atoms with van der Waals surface area (Å²) in [5, 5.41) is 8.23. The molecule has 0 aliphatic carbocycles. The fourth-order valence-electron chi connectivity index (χ4n) is 0.868. The summed E-state index contributed by atoms with van der Waals surface area (Å²) < 4.78 is 38.0. The third-order valence-electron chi connectivity index (χ3n) is 1.55. The summed E-state index contributed by atoms with van der Waals surface area (Å²) in [6, 6.07) is 2.30. The van der Waals surface area contributed by atoms with Crippen molar-refractivity contribution in [2.75, 3.05) is 6.54 Å². The fraction of sp³-hybridized carbons (Fsp3) is 0.375. The largest absolute Gasteiger partial charge is 0.392 e. The third kappa shape index (κ3) is 3.22. The molecule has 7 heteroatoms. The van der Waals surface area contributed by atoms with Gasteiger partial charge in [0.2, 0.25) is 5.03 Å². The Bertz CT molecular complexity index is 433. The molecule has 0 spiro atoms. The van der Waals surface area contributed by atoms with E-state index in [1.165, 1.54) is 19.2 Å². The molecule has 5 nitrogen and oxygen atoms in total. The Morgan fingerprint density at radius 1 is 1.67 bits per heavy atom. The van der Waals surface area contributed by atoms with Gasteiger partial charge in [-0.2, -0.15) is 0 Å². The van der Waals surface area contributed by atoms with Crippen LogP contribution in [0.5, 0.6) is 0 Å². The predicted molar refractivity (Wildman–Crippen MR) is 51.1 cm³/mol. The van der Waals surface area contributed by atoms with Crippen molar-refractivity contribution in [1.29, 1.82) is 0 Å². The summed E-state index contributed by atoms with van der Waals surface area (Å²) >= 11 is 0. The van der Waals surface area contributed by atoms with Gasteiger partial charge in [-0.05, 0) is 19.1 Å². The van der Waals surface area contributed by atoms with Crippen molar-refractivity contribution < 1.29 is 17.9 Å². The van der Waals surface area contributed by atoms with Gasteiger partial charge in [0.15, 0.2) is 5.82 Å². The molecule has 2 N–H and O–H groups in total. The molecule has 1 aromatic rings. The monoisotopic (exact) mass is 234 g/mol. The van der Waals surface area contributed by atoms with Crippen molar-refractivity contribution in [3.63, 3.8) is 0 Å².